The minimum absolute atomic E-state index is 0.0646. The van der Waals surface area contributed by atoms with Crippen molar-refractivity contribution in [3.05, 3.63) is 29.3 Å². The first kappa shape index (κ1) is 14.8. The van der Waals surface area contributed by atoms with E-state index >= 15 is 0 Å². The van der Waals surface area contributed by atoms with Crippen LogP contribution in [0.4, 0.5) is 14.5 Å². The molecule has 1 aliphatic carbocycles. The molecule has 3 unspecified atom stereocenters. The van der Waals surface area contributed by atoms with Crippen molar-refractivity contribution in [1.82, 2.24) is 0 Å². The summed E-state index contributed by atoms with van der Waals surface area (Å²) in [7, 11) is 0. The molecule has 2 N–H and O–H groups in total. The van der Waals surface area contributed by atoms with Crippen LogP contribution in [0.15, 0.2) is 12.1 Å². The smallest absolute Gasteiger partial charge is 0.338 e. The van der Waals surface area contributed by atoms with Crippen LogP contribution in [0.3, 0.4) is 0 Å². The van der Waals surface area contributed by atoms with Crippen molar-refractivity contribution in [2.45, 2.75) is 39.2 Å². The number of anilines is 1. The molecule has 1 aliphatic rings. The fourth-order valence-corrected chi connectivity index (χ4v) is 2.76. The Labute approximate surface area is 117 Å². The number of hydrogen-bond acceptors (Lipinski definition) is 2. The third-order valence-electron chi connectivity index (χ3n) is 4.09. The highest BCUT2D eigenvalue weighted by Gasteiger charge is 2.26. The fourth-order valence-electron chi connectivity index (χ4n) is 2.76. The van der Waals surface area contributed by atoms with Crippen molar-refractivity contribution in [2.24, 2.45) is 11.8 Å². The SMILES string of the molecule is CC1CCC(C)C(Nc2cc(C(=O)O)c(F)cc2F)C1. The molecule has 1 saturated carbocycles. The lowest BCUT2D eigenvalue weighted by molar-refractivity contribution is 0.0692. The number of nitrogens with one attached hydrogen (secondary N) is 1. The highest BCUT2D eigenvalue weighted by atomic mass is 19.1. The minimum Gasteiger partial charge on any atom is -0.478 e. The number of benzene rings is 1. The van der Waals surface area contributed by atoms with Crippen LogP contribution in [0.1, 0.15) is 43.5 Å². The number of hydrogen-bond donors (Lipinski definition) is 2. The van der Waals surface area contributed by atoms with E-state index in [4.69, 9.17) is 5.11 Å². The molecule has 0 radical (unpaired) electrons. The molecule has 3 atom stereocenters. The number of rotatable bonds is 3. The Morgan fingerprint density at radius 3 is 2.60 bits per heavy atom. The molecule has 0 spiro atoms. The van der Waals surface area contributed by atoms with Crippen molar-refractivity contribution >= 4 is 11.7 Å². The van der Waals surface area contributed by atoms with Crippen molar-refractivity contribution in [3.63, 3.8) is 0 Å². The molecule has 0 heterocycles. The predicted octanol–water partition coefficient (Wildman–Crippen LogP) is 3.90. The zero-order valence-electron chi connectivity index (χ0n) is 11.6. The zero-order valence-corrected chi connectivity index (χ0v) is 11.6. The lowest BCUT2D eigenvalue weighted by Gasteiger charge is -2.34. The number of carbonyl (C=O) groups is 1. The zero-order chi connectivity index (χ0) is 14.9. The van der Waals surface area contributed by atoms with E-state index in [1.807, 2.05) is 0 Å². The topological polar surface area (TPSA) is 49.3 Å². The van der Waals surface area contributed by atoms with Gasteiger partial charge in [0, 0.05) is 12.1 Å². The second-order valence-corrected chi connectivity index (χ2v) is 5.76. The van der Waals surface area contributed by atoms with Crippen LogP contribution in [-0.2, 0) is 0 Å². The normalized spacial score (nSPS) is 26.3. The van der Waals surface area contributed by atoms with E-state index < -0.39 is 23.2 Å². The standard InChI is InChI=1S/C15H19F2NO2/c1-8-3-4-9(2)13(5-8)18-14-6-10(15(19)20)11(16)7-12(14)17/h6-9,13,18H,3-5H2,1-2H3,(H,19,20). The largest absolute Gasteiger partial charge is 0.478 e. The van der Waals surface area contributed by atoms with E-state index in [9.17, 15) is 13.6 Å². The molecular formula is C15H19F2NO2. The summed E-state index contributed by atoms with van der Waals surface area (Å²) in [4.78, 5) is 10.9. The molecule has 1 fully saturated rings. The lowest BCUT2D eigenvalue weighted by Crippen LogP contribution is -2.33. The van der Waals surface area contributed by atoms with Gasteiger partial charge in [0.05, 0.1) is 11.3 Å². The summed E-state index contributed by atoms with van der Waals surface area (Å²) in [6.45, 7) is 4.23. The first-order chi connectivity index (χ1) is 9.38. The molecule has 20 heavy (non-hydrogen) atoms. The molecule has 0 amide bonds. The Morgan fingerprint density at radius 2 is 1.95 bits per heavy atom. The minimum atomic E-state index is -1.39. The van der Waals surface area contributed by atoms with Crippen molar-refractivity contribution < 1.29 is 18.7 Å². The predicted molar refractivity (Wildman–Crippen MR) is 72.9 cm³/mol. The van der Waals surface area contributed by atoms with Gasteiger partial charge in [-0.05, 0) is 30.7 Å². The van der Waals surface area contributed by atoms with Gasteiger partial charge in [-0.15, -0.1) is 0 Å². The van der Waals surface area contributed by atoms with Gasteiger partial charge in [0.15, 0.2) is 0 Å². The Balaban J connectivity index is 2.24. The molecule has 1 aromatic carbocycles. The molecule has 5 heteroatoms. The molecule has 3 nitrogen and oxygen atoms in total. The second kappa shape index (κ2) is 5.77. The third-order valence-corrected chi connectivity index (χ3v) is 4.09. The van der Waals surface area contributed by atoms with E-state index in [1.54, 1.807) is 0 Å². The quantitative estimate of drug-likeness (QED) is 0.884. The monoisotopic (exact) mass is 283 g/mol. The molecule has 1 aromatic rings. The molecular weight excluding hydrogens is 264 g/mol. The van der Waals surface area contributed by atoms with E-state index in [1.165, 1.54) is 0 Å². The molecule has 0 aromatic heterocycles. The molecule has 2 rings (SSSR count). The van der Waals surface area contributed by atoms with Crippen LogP contribution in [0.25, 0.3) is 0 Å². The van der Waals surface area contributed by atoms with Crippen LogP contribution in [0.5, 0.6) is 0 Å². The Kier molecular flexibility index (Phi) is 4.26. The van der Waals surface area contributed by atoms with Gasteiger partial charge in [-0.3, -0.25) is 0 Å². The molecule has 0 aliphatic heterocycles. The summed E-state index contributed by atoms with van der Waals surface area (Å²) < 4.78 is 27.1. The van der Waals surface area contributed by atoms with Gasteiger partial charge in [0.2, 0.25) is 0 Å². The summed E-state index contributed by atoms with van der Waals surface area (Å²) >= 11 is 0. The summed E-state index contributed by atoms with van der Waals surface area (Å²) in [5.74, 6) is -2.27. The van der Waals surface area contributed by atoms with Crippen molar-refractivity contribution in [3.8, 4) is 0 Å². The highest BCUT2D eigenvalue weighted by molar-refractivity contribution is 5.89. The Morgan fingerprint density at radius 1 is 1.25 bits per heavy atom. The van der Waals surface area contributed by atoms with Crippen LogP contribution in [0, 0.1) is 23.5 Å². The van der Waals surface area contributed by atoms with E-state index in [-0.39, 0.29) is 11.7 Å². The summed E-state index contributed by atoms with van der Waals surface area (Å²) in [5.41, 5.74) is -0.444. The number of carboxylic acids is 1. The van der Waals surface area contributed by atoms with Crippen LogP contribution >= 0.6 is 0 Å². The van der Waals surface area contributed by atoms with E-state index in [2.05, 4.69) is 19.2 Å². The molecule has 110 valence electrons. The summed E-state index contributed by atoms with van der Waals surface area (Å²) in [5, 5.41) is 11.9. The van der Waals surface area contributed by atoms with Gasteiger partial charge in [-0.1, -0.05) is 20.3 Å². The van der Waals surface area contributed by atoms with Gasteiger partial charge < -0.3 is 10.4 Å². The van der Waals surface area contributed by atoms with E-state index in [0.717, 1.165) is 25.3 Å². The van der Waals surface area contributed by atoms with Gasteiger partial charge >= 0.3 is 5.97 Å². The number of carboxylic acid groups (broad SMARTS) is 1. The Bertz CT molecular complexity index is 519. The van der Waals surface area contributed by atoms with E-state index in [0.29, 0.717) is 17.9 Å². The first-order valence-corrected chi connectivity index (χ1v) is 6.87. The fraction of sp³-hybridized carbons (Fsp3) is 0.533. The maximum atomic E-state index is 13.8. The molecule has 0 saturated heterocycles. The first-order valence-electron chi connectivity index (χ1n) is 6.87. The van der Waals surface area contributed by atoms with Crippen LogP contribution < -0.4 is 5.32 Å². The number of halogens is 2. The summed E-state index contributed by atoms with van der Waals surface area (Å²) in [6.07, 6.45) is 3.10. The highest BCUT2D eigenvalue weighted by Crippen LogP contribution is 2.31. The van der Waals surface area contributed by atoms with Crippen LogP contribution in [-0.4, -0.2) is 17.1 Å². The van der Waals surface area contributed by atoms with Gasteiger partial charge in [-0.25, -0.2) is 13.6 Å². The average molecular weight is 283 g/mol. The maximum absolute atomic E-state index is 13.8. The average Bonchev–Trinajstić information content (AvgIpc) is 2.36. The second-order valence-electron chi connectivity index (χ2n) is 5.76. The van der Waals surface area contributed by atoms with Gasteiger partial charge in [0.25, 0.3) is 0 Å². The van der Waals surface area contributed by atoms with Gasteiger partial charge in [0.1, 0.15) is 11.6 Å². The Hall–Kier alpha value is -1.65. The molecule has 0 bridgehead atoms. The lowest BCUT2D eigenvalue weighted by atomic mass is 9.80. The third kappa shape index (κ3) is 3.08. The number of aromatic carboxylic acids is 1. The van der Waals surface area contributed by atoms with Crippen molar-refractivity contribution in [2.75, 3.05) is 5.32 Å². The van der Waals surface area contributed by atoms with Crippen LogP contribution in [0.2, 0.25) is 0 Å². The van der Waals surface area contributed by atoms with Crippen molar-refractivity contribution in [1.29, 1.82) is 0 Å². The summed E-state index contributed by atoms with van der Waals surface area (Å²) in [6, 6.07) is 1.75. The maximum Gasteiger partial charge on any atom is 0.338 e. The van der Waals surface area contributed by atoms with Gasteiger partial charge in [-0.2, -0.15) is 0 Å².